The normalized spacial score (nSPS) is 56.2. The second kappa shape index (κ2) is 15.8. The van der Waals surface area contributed by atoms with Gasteiger partial charge in [0.05, 0.1) is 44.1 Å². The zero-order chi connectivity index (χ0) is 40.9. The third-order valence-electron chi connectivity index (χ3n) is 15.4. The lowest BCUT2D eigenvalue weighted by molar-refractivity contribution is -0.393. The number of esters is 1. The van der Waals surface area contributed by atoms with E-state index in [4.69, 9.17) is 33.2 Å². The minimum Gasteiger partial charge on any atom is -0.462 e. The predicted molar refractivity (Wildman–Crippen MR) is 189 cm³/mol. The van der Waals surface area contributed by atoms with Gasteiger partial charge >= 0.3 is 5.97 Å². The first-order valence-corrected chi connectivity index (χ1v) is 20.5. The Balaban J connectivity index is 1.12. The van der Waals surface area contributed by atoms with E-state index in [1.807, 2.05) is 0 Å². The van der Waals surface area contributed by atoms with Crippen LogP contribution in [0.2, 0.25) is 0 Å². The molecule has 0 spiro atoms. The molecule has 0 amide bonds. The van der Waals surface area contributed by atoms with Crippen molar-refractivity contribution in [3.63, 3.8) is 0 Å². The van der Waals surface area contributed by atoms with E-state index in [-0.39, 0.29) is 54.2 Å². The Kier molecular flexibility index (Phi) is 11.7. The number of aliphatic hydroxyl groups is 10. The highest BCUT2D eigenvalue weighted by Gasteiger charge is 2.68. The molecule has 0 aromatic heterocycles. The van der Waals surface area contributed by atoms with Crippen molar-refractivity contribution in [1.82, 2.24) is 0 Å². The Morgan fingerprint density at radius 2 is 1.51 bits per heavy atom. The van der Waals surface area contributed by atoms with E-state index < -0.39 is 123 Å². The molecule has 7 fully saturated rings. The molecule has 10 N–H and O–H groups in total. The zero-order valence-corrected chi connectivity index (χ0v) is 32.4. The van der Waals surface area contributed by atoms with Crippen LogP contribution in [0, 0.1) is 40.4 Å². The average Bonchev–Trinajstić information content (AvgIpc) is 3.66. The maximum Gasteiger partial charge on any atom is 0.312 e. The summed E-state index contributed by atoms with van der Waals surface area (Å²) in [5.41, 5.74) is 0.0860. The minimum absolute atomic E-state index is 0.0455. The number of fused-ring (bicyclic) bond motifs is 7. The molecule has 24 atom stereocenters. The highest BCUT2D eigenvalue weighted by atomic mass is 16.8. The summed E-state index contributed by atoms with van der Waals surface area (Å²) in [6, 6.07) is 0. The maximum absolute atomic E-state index is 12.7. The van der Waals surface area contributed by atoms with Crippen LogP contribution >= 0.6 is 0 Å². The lowest BCUT2D eigenvalue weighted by Crippen LogP contribution is -2.67. The summed E-state index contributed by atoms with van der Waals surface area (Å²) in [6.07, 6.45) is -17.9. The number of hydrogen-bond donors (Lipinski definition) is 10. The topological polar surface area (TPSA) is 284 Å². The SMILES string of the molecule is CC1OC(OC2C(OC3CC(O)CC4=CCC5C6CC7OC(=O)C(CO)C7C6(C)CCC5C43C)OC(CO)C(O)C2OC2OCC(O)C(O)C2O)C(O)C(O)C1O. The van der Waals surface area contributed by atoms with E-state index in [2.05, 4.69) is 19.9 Å². The molecule has 0 aromatic carbocycles. The molecule has 18 nitrogen and oxygen atoms in total. The number of carbonyl (C=O) groups is 1. The summed E-state index contributed by atoms with van der Waals surface area (Å²) in [4.78, 5) is 12.7. The summed E-state index contributed by atoms with van der Waals surface area (Å²) in [5.74, 6) is -0.632. The largest absolute Gasteiger partial charge is 0.462 e. The summed E-state index contributed by atoms with van der Waals surface area (Å²) in [6.45, 7) is 4.37. The lowest BCUT2D eigenvalue weighted by Gasteiger charge is -2.60. The molecule has 57 heavy (non-hydrogen) atoms. The van der Waals surface area contributed by atoms with Gasteiger partial charge in [-0.3, -0.25) is 4.79 Å². The van der Waals surface area contributed by atoms with Gasteiger partial charge < -0.3 is 84.2 Å². The summed E-state index contributed by atoms with van der Waals surface area (Å²) in [7, 11) is 0. The molecule has 0 bridgehead atoms. The van der Waals surface area contributed by atoms with Gasteiger partial charge in [0.2, 0.25) is 0 Å². The third kappa shape index (κ3) is 6.83. The Bertz CT molecular complexity index is 1500. The van der Waals surface area contributed by atoms with Crippen LogP contribution in [-0.4, -0.2) is 181 Å². The van der Waals surface area contributed by atoms with Crippen molar-refractivity contribution in [1.29, 1.82) is 0 Å². The fourth-order valence-electron chi connectivity index (χ4n) is 12.3. The summed E-state index contributed by atoms with van der Waals surface area (Å²) >= 11 is 0. The van der Waals surface area contributed by atoms with Crippen molar-refractivity contribution in [3.8, 4) is 0 Å². The van der Waals surface area contributed by atoms with Crippen molar-refractivity contribution in [2.75, 3.05) is 19.8 Å². The van der Waals surface area contributed by atoms with Gasteiger partial charge in [-0.05, 0) is 62.2 Å². The van der Waals surface area contributed by atoms with Gasteiger partial charge in [0.25, 0.3) is 0 Å². The smallest absolute Gasteiger partial charge is 0.312 e. The summed E-state index contributed by atoms with van der Waals surface area (Å²) in [5, 5.41) is 107. The van der Waals surface area contributed by atoms with E-state index in [0.717, 1.165) is 24.8 Å². The van der Waals surface area contributed by atoms with Gasteiger partial charge in [-0.1, -0.05) is 25.5 Å². The van der Waals surface area contributed by atoms with Gasteiger partial charge in [0.1, 0.15) is 67.1 Å². The molecule has 4 aliphatic carbocycles. The quantitative estimate of drug-likeness (QED) is 0.0874. The Morgan fingerprint density at radius 3 is 2.23 bits per heavy atom. The van der Waals surface area contributed by atoms with Gasteiger partial charge in [0.15, 0.2) is 18.9 Å². The van der Waals surface area contributed by atoms with Crippen LogP contribution in [0.5, 0.6) is 0 Å². The van der Waals surface area contributed by atoms with E-state index in [1.54, 1.807) is 0 Å². The molecule has 4 heterocycles. The standard InChI is InChI=1S/C39H60O18/c1-14-26(44)29(47)31(49)36(52-14)57-33-32(56-35-30(48)27(45)21(43)13-51-35)28(46)23(12-41)54-37(33)55-24-9-16(42)8-15-4-5-17-19(39(15,24)3)6-7-38(2)20(17)10-22-25(38)18(11-40)34(50)53-22/h4,14,16-33,35-37,40-49H,5-13H2,1-3H3. The van der Waals surface area contributed by atoms with Crippen molar-refractivity contribution in [2.24, 2.45) is 40.4 Å². The van der Waals surface area contributed by atoms with Crippen LogP contribution in [0.3, 0.4) is 0 Å². The predicted octanol–water partition coefficient (Wildman–Crippen LogP) is -2.82. The van der Waals surface area contributed by atoms with Crippen molar-refractivity contribution >= 4 is 5.97 Å². The molecule has 8 rings (SSSR count). The fourth-order valence-corrected chi connectivity index (χ4v) is 12.3. The molecular formula is C39H60O18. The Morgan fingerprint density at radius 1 is 0.789 bits per heavy atom. The molecule has 0 aromatic rings. The number of hydrogen-bond acceptors (Lipinski definition) is 18. The van der Waals surface area contributed by atoms with Crippen LogP contribution in [0.4, 0.5) is 0 Å². The van der Waals surface area contributed by atoms with Crippen LogP contribution in [0.15, 0.2) is 11.6 Å². The second-order valence-electron chi connectivity index (χ2n) is 18.3. The van der Waals surface area contributed by atoms with E-state index in [9.17, 15) is 55.9 Å². The second-order valence-corrected chi connectivity index (χ2v) is 18.3. The molecule has 8 aliphatic rings. The first-order chi connectivity index (χ1) is 27.0. The van der Waals surface area contributed by atoms with Crippen LogP contribution < -0.4 is 0 Å². The summed E-state index contributed by atoms with van der Waals surface area (Å²) < 4.78 is 42.6. The third-order valence-corrected chi connectivity index (χ3v) is 15.4. The minimum atomic E-state index is -1.80. The molecule has 324 valence electrons. The van der Waals surface area contributed by atoms with Gasteiger partial charge in [-0.15, -0.1) is 0 Å². The molecule has 3 saturated carbocycles. The monoisotopic (exact) mass is 816 g/mol. The number of aliphatic hydroxyl groups excluding tert-OH is 10. The maximum atomic E-state index is 12.7. The van der Waals surface area contributed by atoms with Crippen LogP contribution in [-0.2, 0) is 38.0 Å². The van der Waals surface area contributed by atoms with Gasteiger partial charge in [-0.25, -0.2) is 0 Å². The van der Waals surface area contributed by atoms with Gasteiger partial charge in [0, 0.05) is 17.8 Å². The fraction of sp³-hybridized carbons (Fsp3) is 0.923. The molecule has 4 aliphatic heterocycles. The van der Waals surface area contributed by atoms with Crippen molar-refractivity contribution in [2.45, 2.75) is 164 Å². The van der Waals surface area contributed by atoms with E-state index >= 15 is 0 Å². The Hall–Kier alpha value is -1.43. The molecule has 24 unspecified atom stereocenters. The molecule has 0 radical (unpaired) electrons. The van der Waals surface area contributed by atoms with E-state index in [1.165, 1.54) is 6.92 Å². The molecule has 18 heteroatoms. The Labute approximate surface area is 330 Å². The number of rotatable bonds is 8. The first kappa shape index (κ1) is 42.3. The first-order valence-electron chi connectivity index (χ1n) is 20.5. The average molecular weight is 817 g/mol. The van der Waals surface area contributed by atoms with Crippen molar-refractivity contribution < 1.29 is 89.0 Å². The van der Waals surface area contributed by atoms with Gasteiger partial charge in [-0.2, -0.15) is 0 Å². The highest BCUT2D eigenvalue weighted by molar-refractivity contribution is 5.76. The lowest BCUT2D eigenvalue weighted by atomic mass is 9.46. The van der Waals surface area contributed by atoms with Crippen LogP contribution in [0.1, 0.15) is 59.3 Å². The van der Waals surface area contributed by atoms with Crippen molar-refractivity contribution in [3.05, 3.63) is 11.6 Å². The number of carbonyl (C=O) groups excluding carboxylic acids is 1. The zero-order valence-electron chi connectivity index (χ0n) is 32.4. The number of allylic oxidation sites excluding steroid dienone is 1. The van der Waals surface area contributed by atoms with E-state index in [0.29, 0.717) is 12.8 Å². The number of ether oxygens (including phenoxy) is 7. The highest BCUT2D eigenvalue weighted by Crippen LogP contribution is 2.69. The molecular weight excluding hydrogens is 756 g/mol. The molecule has 4 saturated heterocycles. The van der Waals surface area contributed by atoms with Crippen LogP contribution in [0.25, 0.3) is 0 Å².